The predicted octanol–water partition coefficient (Wildman–Crippen LogP) is 1.41. The fourth-order valence-electron chi connectivity index (χ4n) is 1.43. The van der Waals surface area contributed by atoms with Crippen LogP contribution in [0.5, 0.6) is 0 Å². The number of hydrogen-bond donors (Lipinski definition) is 2. The van der Waals surface area contributed by atoms with E-state index in [1.54, 1.807) is 6.07 Å². The number of nitrogens with zero attached hydrogens (tertiary/aromatic N) is 2. The van der Waals surface area contributed by atoms with E-state index in [-0.39, 0.29) is 6.04 Å². The largest absolute Gasteiger partial charge is 0.384 e. The highest BCUT2D eigenvalue weighted by atomic mass is 15.0. The maximum atomic E-state index is 5.99. The Hall–Kier alpha value is -1.16. The lowest BCUT2D eigenvalue weighted by Crippen LogP contribution is -2.16. The molecule has 0 unspecified atom stereocenters. The summed E-state index contributed by atoms with van der Waals surface area (Å²) in [7, 11) is 0. The molecule has 0 fully saturated rings. The van der Waals surface area contributed by atoms with Crippen LogP contribution in [0.2, 0.25) is 0 Å². The summed E-state index contributed by atoms with van der Waals surface area (Å²) >= 11 is 0. The lowest BCUT2D eigenvalue weighted by molar-refractivity contribution is 0.501. The van der Waals surface area contributed by atoms with Crippen molar-refractivity contribution < 1.29 is 0 Å². The van der Waals surface area contributed by atoms with Crippen molar-refractivity contribution in [1.29, 1.82) is 0 Å². The highest BCUT2D eigenvalue weighted by Crippen LogP contribution is 2.17. The van der Waals surface area contributed by atoms with Crippen molar-refractivity contribution >= 4 is 5.82 Å². The summed E-state index contributed by atoms with van der Waals surface area (Å²) in [6.07, 6.45) is 0.913. The second-order valence-electron chi connectivity index (χ2n) is 4.00. The predicted molar refractivity (Wildman–Crippen MR) is 57.6 cm³/mol. The summed E-state index contributed by atoms with van der Waals surface area (Å²) in [4.78, 5) is 8.28. The van der Waals surface area contributed by atoms with E-state index < -0.39 is 0 Å². The van der Waals surface area contributed by atoms with Crippen LogP contribution in [-0.4, -0.2) is 9.97 Å². The van der Waals surface area contributed by atoms with Gasteiger partial charge in [0.05, 0.1) is 5.69 Å². The first-order chi connectivity index (χ1) is 6.49. The van der Waals surface area contributed by atoms with E-state index in [4.69, 9.17) is 11.5 Å². The molecule has 0 aliphatic carbocycles. The number of aromatic nitrogens is 2. The fourth-order valence-corrected chi connectivity index (χ4v) is 1.43. The van der Waals surface area contributed by atoms with Gasteiger partial charge in [-0.2, -0.15) is 0 Å². The molecule has 4 heteroatoms. The normalized spacial score (nSPS) is 13.2. The zero-order valence-electron chi connectivity index (χ0n) is 8.99. The molecule has 78 valence electrons. The average Bonchev–Trinajstić information content (AvgIpc) is 2.00. The van der Waals surface area contributed by atoms with Gasteiger partial charge in [-0.25, -0.2) is 9.97 Å². The molecule has 14 heavy (non-hydrogen) atoms. The first kappa shape index (κ1) is 10.9. The van der Waals surface area contributed by atoms with Gasteiger partial charge in [-0.05, 0) is 19.3 Å². The van der Waals surface area contributed by atoms with E-state index in [2.05, 4.69) is 23.8 Å². The Morgan fingerprint density at radius 2 is 2.00 bits per heavy atom. The molecular weight excluding hydrogens is 176 g/mol. The molecule has 1 heterocycles. The van der Waals surface area contributed by atoms with Gasteiger partial charge in [-0.1, -0.05) is 13.8 Å². The molecule has 0 saturated heterocycles. The topological polar surface area (TPSA) is 77.8 Å². The third-order valence-electron chi connectivity index (χ3n) is 1.98. The van der Waals surface area contributed by atoms with Crippen molar-refractivity contribution in [3.8, 4) is 0 Å². The zero-order valence-corrected chi connectivity index (χ0v) is 8.99. The minimum Gasteiger partial charge on any atom is -0.384 e. The molecule has 4 nitrogen and oxygen atoms in total. The average molecular weight is 194 g/mol. The maximum Gasteiger partial charge on any atom is 0.127 e. The molecule has 0 aromatic carbocycles. The van der Waals surface area contributed by atoms with Gasteiger partial charge in [0.1, 0.15) is 11.6 Å². The number of nitrogens with two attached hydrogens (primary N) is 2. The molecule has 1 aromatic rings. The van der Waals surface area contributed by atoms with Gasteiger partial charge in [0.2, 0.25) is 0 Å². The summed E-state index contributed by atoms with van der Waals surface area (Å²) in [6, 6.07) is 1.71. The van der Waals surface area contributed by atoms with Crippen LogP contribution in [0.4, 0.5) is 5.82 Å². The molecule has 1 atom stereocenters. The van der Waals surface area contributed by atoms with Crippen LogP contribution in [-0.2, 0) is 0 Å². The highest BCUT2D eigenvalue weighted by Gasteiger charge is 2.10. The van der Waals surface area contributed by atoms with Crippen molar-refractivity contribution in [3.63, 3.8) is 0 Å². The van der Waals surface area contributed by atoms with E-state index in [1.807, 2.05) is 6.92 Å². The van der Waals surface area contributed by atoms with E-state index >= 15 is 0 Å². The Morgan fingerprint density at radius 3 is 2.50 bits per heavy atom. The Kier molecular flexibility index (Phi) is 3.41. The first-order valence-corrected chi connectivity index (χ1v) is 4.85. The van der Waals surface area contributed by atoms with Gasteiger partial charge in [-0.15, -0.1) is 0 Å². The summed E-state index contributed by atoms with van der Waals surface area (Å²) in [6.45, 7) is 6.09. The van der Waals surface area contributed by atoms with Gasteiger partial charge in [0.15, 0.2) is 0 Å². The number of aryl methyl sites for hydroxylation is 1. The number of hydrogen-bond acceptors (Lipinski definition) is 4. The van der Waals surface area contributed by atoms with Crippen molar-refractivity contribution in [1.82, 2.24) is 9.97 Å². The van der Waals surface area contributed by atoms with Crippen LogP contribution in [0, 0.1) is 12.8 Å². The summed E-state index contributed by atoms with van der Waals surface area (Å²) < 4.78 is 0. The Morgan fingerprint density at radius 1 is 1.36 bits per heavy atom. The smallest absolute Gasteiger partial charge is 0.127 e. The lowest BCUT2D eigenvalue weighted by Gasteiger charge is -2.14. The molecule has 4 N–H and O–H groups in total. The van der Waals surface area contributed by atoms with Crippen molar-refractivity contribution in [2.24, 2.45) is 11.7 Å². The molecule has 0 aliphatic heterocycles. The van der Waals surface area contributed by atoms with Gasteiger partial charge >= 0.3 is 0 Å². The number of anilines is 1. The molecule has 0 aliphatic rings. The van der Waals surface area contributed by atoms with Crippen LogP contribution in [0.15, 0.2) is 6.07 Å². The van der Waals surface area contributed by atoms with E-state index in [1.165, 1.54) is 0 Å². The molecule has 0 amide bonds. The molecular formula is C10H18N4. The third kappa shape index (κ3) is 2.96. The minimum absolute atomic E-state index is 0.0426. The van der Waals surface area contributed by atoms with Gasteiger partial charge in [0, 0.05) is 12.1 Å². The third-order valence-corrected chi connectivity index (χ3v) is 1.98. The Labute approximate surface area is 84.7 Å². The van der Waals surface area contributed by atoms with Crippen LogP contribution in [0.25, 0.3) is 0 Å². The minimum atomic E-state index is -0.0426. The Bertz CT molecular complexity index is 289. The van der Waals surface area contributed by atoms with Crippen LogP contribution >= 0.6 is 0 Å². The van der Waals surface area contributed by atoms with Gasteiger partial charge in [0.25, 0.3) is 0 Å². The van der Waals surface area contributed by atoms with Crippen molar-refractivity contribution in [2.45, 2.75) is 33.2 Å². The monoisotopic (exact) mass is 194 g/mol. The summed E-state index contributed by atoms with van der Waals surface area (Å²) in [5.74, 6) is 1.73. The number of nitrogen functional groups attached to an aromatic ring is 1. The summed E-state index contributed by atoms with van der Waals surface area (Å²) in [5.41, 5.74) is 12.4. The van der Waals surface area contributed by atoms with Crippen LogP contribution in [0.1, 0.15) is 37.8 Å². The van der Waals surface area contributed by atoms with Gasteiger partial charge < -0.3 is 11.5 Å². The molecule has 0 saturated carbocycles. The standard InChI is InChI=1S/C10H18N4/c1-6(2)4-8(11)9-5-10(12)14-7(3)13-9/h5-6,8H,4,11H2,1-3H3,(H2,12,13,14)/t8-/m1/s1. The number of rotatable bonds is 3. The molecule has 1 aromatic heterocycles. The maximum absolute atomic E-state index is 5.99. The molecule has 0 radical (unpaired) electrons. The van der Waals surface area contributed by atoms with Crippen LogP contribution in [0.3, 0.4) is 0 Å². The van der Waals surface area contributed by atoms with Crippen LogP contribution < -0.4 is 11.5 Å². The second kappa shape index (κ2) is 4.37. The quantitative estimate of drug-likeness (QED) is 0.762. The SMILES string of the molecule is Cc1nc(N)cc([C@H](N)CC(C)C)n1. The molecule has 0 bridgehead atoms. The molecule has 0 spiro atoms. The first-order valence-electron chi connectivity index (χ1n) is 4.85. The highest BCUT2D eigenvalue weighted by molar-refractivity contribution is 5.30. The van der Waals surface area contributed by atoms with Crippen molar-refractivity contribution in [2.75, 3.05) is 5.73 Å². The molecule has 1 rings (SSSR count). The zero-order chi connectivity index (χ0) is 10.7. The van der Waals surface area contributed by atoms with Gasteiger partial charge in [-0.3, -0.25) is 0 Å². The van der Waals surface area contributed by atoms with E-state index in [0.717, 1.165) is 12.1 Å². The summed E-state index contributed by atoms with van der Waals surface area (Å²) in [5, 5.41) is 0. The van der Waals surface area contributed by atoms with Crippen molar-refractivity contribution in [3.05, 3.63) is 17.6 Å². The lowest BCUT2D eigenvalue weighted by atomic mass is 10.0. The van der Waals surface area contributed by atoms with E-state index in [9.17, 15) is 0 Å². The Balaban J connectivity index is 2.84. The second-order valence-corrected chi connectivity index (χ2v) is 4.00. The van der Waals surface area contributed by atoms with E-state index in [0.29, 0.717) is 17.6 Å². The fraction of sp³-hybridized carbons (Fsp3) is 0.600.